The van der Waals surface area contributed by atoms with E-state index in [1.807, 2.05) is 0 Å². The van der Waals surface area contributed by atoms with Crippen molar-refractivity contribution in [2.45, 2.75) is 40.5 Å². The Balaban J connectivity index is 2.84. The maximum absolute atomic E-state index is 2.29. The molecule has 0 aliphatic heterocycles. The minimum Gasteiger partial charge on any atom is -0.0654 e. The van der Waals surface area contributed by atoms with Crippen LogP contribution in [0.25, 0.3) is 0 Å². The van der Waals surface area contributed by atoms with E-state index >= 15 is 0 Å². The molecule has 0 nitrogen and oxygen atoms in total. The zero-order valence-corrected chi connectivity index (χ0v) is 9.15. The second kappa shape index (κ2) is 4.45. The monoisotopic (exact) mass is 175 g/mol. The van der Waals surface area contributed by atoms with Crippen molar-refractivity contribution in [1.82, 2.24) is 0 Å². The van der Waals surface area contributed by atoms with Gasteiger partial charge in [0, 0.05) is 5.92 Å². The Bertz CT molecular complexity index is 273. The van der Waals surface area contributed by atoms with Gasteiger partial charge in [0.2, 0.25) is 0 Å². The molecule has 0 saturated carbocycles. The molecule has 0 bridgehead atoms. The second-order valence-electron chi connectivity index (χ2n) is 3.83. The van der Waals surface area contributed by atoms with Crippen molar-refractivity contribution in [3.05, 3.63) is 40.8 Å². The summed E-state index contributed by atoms with van der Waals surface area (Å²) in [6.45, 7) is 8.80. The zero-order valence-electron chi connectivity index (χ0n) is 9.15. The van der Waals surface area contributed by atoms with Crippen molar-refractivity contribution in [1.29, 1.82) is 0 Å². The largest absolute Gasteiger partial charge is 0.0654 e. The molecule has 13 heavy (non-hydrogen) atoms. The number of hydrogen-bond donors (Lipinski definition) is 0. The van der Waals surface area contributed by atoms with Crippen molar-refractivity contribution < 1.29 is 0 Å². The Labute approximate surface area is 82.0 Å². The quantitative estimate of drug-likeness (QED) is 0.650. The molecule has 1 aromatic carbocycles. The first kappa shape index (κ1) is 10.3. The van der Waals surface area contributed by atoms with Gasteiger partial charge in [-0.25, -0.2) is 0 Å². The highest BCUT2D eigenvalue weighted by molar-refractivity contribution is 5.36. The van der Waals surface area contributed by atoms with E-state index in [1.54, 1.807) is 0 Å². The van der Waals surface area contributed by atoms with Gasteiger partial charge in [-0.15, -0.1) is 0 Å². The predicted molar refractivity (Wildman–Crippen MR) is 58.8 cm³/mol. The molecule has 0 atom stereocenters. The topological polar surface area (TPSA) is 0 Å². The maximum Gasteiger partial charge on any atom is 0.00189 e. The predicted octanol–water partition coefficient (Wildman–Crippen LogP) is 4.05. The Hall–Kier alpha value is -0.780. The second-order valence-corrected chi connectivity index (χ2v) is 3.83. The van der Waals surface area contributed by atoms with E-state index in [0.29, 0.717) is 0 Å². The molecule has 1 aromatic rings. The lowest BCUT2D eigenvalue weighted by molar-refractivity contribution is 0.828. The molecule has 1 rings (SSSR count). The lowest BCUT2D eigenvalue weighted by Crippen LogP contribution is -1.95. The standard InChI is InChI=1S/C13H19/c1-5-6-11(3)13-8-7-10(2)12(4)9-13/h7-9H,5-6H2,1-4H3. The van der Waals surface area contributed by atoms with Gasteiger partial charge in [0.1, 0.15) is 0 Å². The van der Waals surface area contributed by atoms with Crippen LogP contribution in [-0.4, -0.2) is 0 Å². The number of rotatable bonds is 3. The third-order valence-corrected chi connectivity index (χ3v) is 2.62. The van der Waals surface area contributed by atoms with Gasteiger partial charge in [0.25, 0.3) is 0 Å². The van der Waals surface area contributed by atoms with E-state index < -0.39 is 0 Å². The summed E-state index contributed by atoms with van der Waals surface area (Å²) in [7, 11) is 0. The fourth-order valence-electron chi connectivity index (χ4n) is 1.53. The van der Waals surface area contributed by atoms with Crippen LogP contribution in [0.15, 0.2) is 18.2 Å². The highest BCUT2D eigenvalue weighted by Gasteiger charge is 2.05. The minimum atomic E-state index is 1.21. The summed E-state index contributed by atoms with van der Waals surface area (Å²) in [6, 6.07) is 6.73. The molecule has 0 heteroatoms. The Morgan fingerprint density at radius 3 is 2.38 bits per heavy atom. The van der Waals surface area contributed by atoms with Gasteiger partial charge in [0.05, 0.1) is 0 Å². The summed E-state index contributed by atoms with van der Waals surface area (Å²) in [5, 5.41) is 0. The summed E-state index contributed by atoms with van der Waals surface area (Å²) in [4.78, 5) is 0. The van der Waals surface area contributed by atoms with E-state index in [1.165, 1.54) is 35.4 Å². The molecule has 0 spiro atoms. The third-order valence-electron chi connectivity index (χ3n) is 2.62. The van der Waals surface area contributed by atoms with Gasteiger partial charge in [-0.3, -0.25) is 0 Å². The summed E-state index contributed by atoms with van der Waals surface area (Å²) < 4.78 is 0. The van der Waals surface area contributed by atoms with Crippen molar-refractivity contribution >= 4 is 0 Å². The van der Waals surface area contributed by atoms with Crippen molar-refractivity contribution in [2.24, 2.45) is 0 Å². The number of benzene rings is 1. The molecule has 0 saturated heterocycles. The van der Waals surface area contributed by atoms with Crippen LogP contribution in [-0.2, 0) is 0 Å². The maximum atomic E-state index is 2.29. The van der Waals surface area contributed by atoms with Gasteiger partial charge in [-0.2, -0.15) is 0 Å². The van der Waals surface area contributed by atoms with Crippen LogP contribution in [0.1, 0.15) is 43.4 Å². The average molecular weight is 175 g/mol. The Kier molecular flexibility index (Phi) is 3.53. The van der Waals surface area contributed by atoms with Crippen LogP contribution in [0, 0.1) is 19.8 Å². The summed E-state index contributed by atoms with van der Waals surface area (Å²) in [5.74, 6) is 1.51. The van der Waals surface area contributed by atoms with Crippen LogP contribution in [0.3, 0.4) is 0 Å². The Morgan fingerprint density at radius 2 is 1.85 bits per heavy atom. The fourth-order valence-corrected chi connectivity index (χ4v) is 1.53. The molecule has 0 aliphatic rings. The number of hydrogen-bond acceptors (Lipinski definition) is 0. The minimum absolute atomic E-state index is 1.21. The summed E-state index contributed by atoms with van der Waals surface area (Å²) in [5.41, 5.74) is 4.19. The molecule has 1 radical (unpaired) electrons. The molecule has 0 N–H and O–H groups in total. The first-order valence-electron chi connectivity index (χ1n) is 5.05. The van der Waals surface area contributed by atoms with Gasteiger partial charge >= 0.3 is 0 Å². The van der Waals surface area contributed by atoms with E-state index in [4.69, 9.17) is 0 Å². The van der Waals surface area contributed by atoms with Crippen molar-refractivity contribution in [3.63, 3.8) is 0 Å². The highest BCUT2D eigenvalue weighted by atomic mass is 14.1. The molecule has 0 fully saturated rings. The van der Waals surface area contributed by atoms with E-state index in [0.717, 1.165) is 0 Å². The molecule has 0 heterocycles. The van der Waals surface area contributed by atoms with Crippen LogP contribution < -0.4 is 0 Å². The van der Waals surface area contributed by atoms with E-state index in [-0.39, 0.29) is 0 Å². The lowest BCUT2D eigenvalue weighted by Gasteiger charge is -2.11. The summed E-state index contributed by atoms with van der Waals surface area (Å²) in [6.07, 6.45) is 2.45. The van der Waals surface area contributed by atoms with Crippen LogP contribution in [0.4, 0.5) is 0 Å². The molecule has 0 aromatic heterocycles. The van der Waals surface area contributed by atoms with Crippen LogP contribution in [0.2, 0.25) is 0 Å². The van der Waals surface area contributed by atoms with Crippen molar-refractivity contribution in [3.8, 4) is 0 Å². The van der Waals surface area contributed by atoms with Gasteiger partial charge in [0.15, 0.2) is 0 Å². The Morgan fingerprint density at radius 1 is 1.15 bits per heavy atom. The highest BCUT2D eigenvalue weighted by Crippen LogP contribution is 2.21. The molecule has 0 aliphatic carbocycles. The van der Waals surface area contributed by atoms with Gasteiger partial charge < -0.3 is 0 Å². The molecule has 0 unspecified atom stereocenters. The smallest absolute Gasteiger partial charge is 0.00189 e. The first-order valence-corrected chi connectivity index (χ1v) is 5.05. The average Bonchev–Trinajstić information content (AvgIpc) is 2.10. The lowest BCUT2D eigenvalue weighted by atomic mass is 9.94. The third kappa shape index (κ3) is 2.58. The molecule has 0 amide bonds. The summed E-state index contributed by atoms with van der Waals surface area (Å²) >= 11 is 0. The number of aryl methyl sites for hydroxylation is 2. The SMILES string of the molecule is CCC[C](C)c1ccc(C)c(C)c1. The zero-order chi connectivity index (χ0) is 9.84. The molecular formula is C13H19. The van der Waals surface area contributed by atoms with Crippen molar-refractivity contribution in [2.75, 3.05) is 0 Å². The first-order chi connectivity index (χ1) is 6.15. The van der Waals surface area contributed by atoms with E-state index in [9.17, 15) is 0 Å². The van der Waals surface area contributed by atoms with E-state index in [2.05, 4.69) is 45.9 Å². The molecule has 71 valence electrons. The van der Waals surface area contributed by atoms with Crippen LogP contribution in [0.5, 0.6) is 0 Å². The fraction of sp³-hybridized carbons (Fsp3) is 0.462. The normalized spacial score (nSPS) is 10.8. The van der Waals surface area contributed by atoms with Gasteiger partial charge in [-0.1, -0.05) is 38.5 Å². The molecular weight excluding hydrogens is 156 g/mol. The van der Waals surface area contributed by atoms with Crippen LogP contribution >= 0.6 is 0 Å². The van der Waals surface area contributed by atoms with Gasteiger partial charge in [-0.05, 0) is 37.0 Å².